The number of fused-ring (bicyclic) bond motifs is 1. The molecule has 1 aliphatic rings. The van der Waals surface area contributed by atoms with Crippen molar-refractivity contribution < 1.29 is 9.53 Å². The van der Waals surface area contributed by atoms with Crippen molar-refractivity contribution in [1.82, 2.24) is 14.5 Å². The Morgan fingerprint density at radius 3 is 2.95 bits per heavy atom. The third kappa shape index (κ3) is 2.59. The third-order valence-corrected chi connectivity index (χ3v) is 3.20. The SMILES string of the molecule is O=C(COc1ccccc1)N1CCn2ccnc2C1. The number of aromatic nitrogens is 2. The van der Waals surface area contributed by atoms with E-state index < -0.39 is 0 Å². The average molecular weight is 257 g/mol. The van der Waals surface area contributed by atoms with E-state index >= 15 is 0 Å². The zero-order chi connectivity index (χ0) is 13.1. The van der Waals surface area contributed by atoms with Crippen molar-refractivity contribution in [3.05, 3.63) is 48.5 Å². The minimum atomic E-state index is -0.00176. The summed E-state index contributed by atoms with van der Waals surface area (Å²) < 4.78 is 7.54. The van der Waals surface area contributed by atoms with E-state index in [1.165, 1.54) is 0 Å². The number of hydrogen-bond donors (Lipinski definition) is 0. The molecule has 3 rings (SSSR count). The first-order chi connectivity index (χ1) is 9.33. The number of carbonyl (C=O) groups is 1. The summed E-state index contributed by atoms with van der Waals surface area (Å²) in [5, 5.41) is 0. The maximum absolute atomic E-state index is 12.1. The van der Waals surface area contributed by atoms with Crippen LogP contribution < -0.4 is 4.74 Å². The molecule has 0 aliphatic carbocycles. The second kappa shape index (κ2) is 5.14. The molecule has 0 fully saturated rings. The number of ether oxygens (including phenoxy) is 1. The highest BCUT2D eigenvalue weighted by atomic mass is 16.5. The van der Waals surface area contributed by atoms with Crippen molar-refractivity contribution in [3.63, 3.8) is 0 Å². The number of amides is 1. The molecular formula is C14H15N3O2. The van der Waals surface area contributed by atoms with Crippen LogP contribution in [-0.4, -0.2) is 33.5 Å². The molecule has 19 heavy (non-hydrogen) atoms. The zero-order valence-electron chi connectivity index (χ0n) is 10.5. The van der Waals surface area contributed by atoms with Gasteiger partial charge < -0.3 is 14.2 Å². The summed E-state index contributed by atoms with van der Waals surface area (Å²) in [6, 6.07) is 9.38. The van der Waals surface area contributed by atoms with E-state index in [9.17, 15) is 4.79 Å². The Balaban J connectivity index is 1.57. The van der Waals surface area contributed by atoms with Gasteiger partial charge in [-0.25, -0.2) is 4.98 Å². The van der Waals surface area contributed by atoms with Gasteiger partial charge in [0.25, 0.3) is 5.91 Å². The van der Waals surface area contributed by atoms with Crippen molar-refractivity contribution in [2.75, 3.05) is 13.2 Å². The van der Waals surface area contributed by atoms with E-state index in [0.717, 1.165) is 12.4 Å². The lowest BCUT2D eigenvalue weighted by Crippen LogP contribution is -2.40. The van der Waals surface area contributed by atoms with Crippen molar-refractivity contribution in [1.29, 1.82) is 0 Å². The summed E-state index contributed by atoms with van der Waals surface area (Å²) >= 11 is 0. The van der Waals surface area contributed by atoms with E-state index in [1.54, 1.807) is 11.1 Å². The first-order valence-corrected chi connectivity index (χ1v) is 6.28. The molecule has 0 N–H and O–H groups in total. The molecule has 98 valence electrons. The minimum absolute atomic E-state index is 0.00176. The van der Waals surface area contributed by atoms with Crippen molar-refractivity contribution in [2.24, 2.45) is 0 Å². The standard InChI is InChI=1S/C14H15N3O2/c18-14(11-19-12-4-2-1-3-5-12)17-9-8-16-7-6-15-13(16)10-17/h1-7H,8-11H2. The molecule has 1 aromatic heterocycles. The Labute approximate surface area is 111 Å². The molecule has 5 nitrogen and oxygen atoms in total. The van der Waals surface area contributed by atoms with Gasteiger partial charge >= 0.3 is 0 Å². The van der Waals surface area contributed by atoms with Crippen LogP contribution in [0.4, 0.5) is 0 Å². The van der Waals surface area contributed by atoms with Crippen molar-refractivity contribution in [3.8, 4) is 5.75 Å². The van der Waals surface area contributed by atoms with Crippen molar-refractivity contribution >= 4 is 5.91 Å². The van der Waals surface area contributed by atoms with Gasteiger partial charge in [0.05, 0.1) is 6.54 Å². The second-order valence-corrected chi connectivity index (χ2v) is 4.45. The number of rotatable bonds is 3. The molecular weight excluding hydrogens is 242 g/mol. The van der Waals surface area contributed by atoms with Gasteiger partial charge in [0.2, 0.25) is 0 Å². The van der Waals surface area contributed by atoms with Crippen LogP contribution in [0.5, 0.6) is 5.75 Å². The summed E-state index contributed by atoms with van der Waals surface area (Å²) in [6.07, 6.45) is 3.71. The second-order valence-electron chi connectivity index (χ2n) is 4.45. The quantitative estimate of drug-likeness (QED) is 0.832. The average Bonchev–Trinajstić information content (AvgIpc) is 2.93. The maximum Gasteiger partial charge on any atom is 0.260 e. The summed E-state index contributed by atoms with van der Waals surface area (Å²) in [7, 11) is 0. The van der Waals surface area contributed by atoms with Gasteiger partial charge in [-0.3, -0.25) is 4.79 Å². The minimum Gasteiger partial charge on any atom is -0.484 e. The van der Waals surface area contributed by atoms with E-state index in [4.69, 9.17) is 4.74 Å². The Hall–Kier alpha value is -2.30. The molecule has 0 saturated heterocycles. The van der Waals surface area contributed by atoms with Crippen LogP contribution in [0.3, 0.4) is 0 Å². The van der Waals surface area contributed by atoms with Gasteiger partial charge in [-0.15, -0.1) is 0 Å². The van der Waals surface area contributed by atoms with Crippen molar-refractivity contribution in [2.45, 2.75) is 13.1 Å². The number of hydrogen-bond acceptors (Lipinski definition) is 3. The predicted octanol–water partition coefficient (Wildman–Crippen LogP) is 1.30. The lowest BCUT2D eigenvalue weighted by atomic mass is 10.3. The van der Waals surface area contributed by atoms with Crippen LogP contribution in [-0.2, 0) is 17.9 Å². The van der Waals surface area contributed by atoms with Crippen LogP contribution in [0.1, 0.15) is 5.82 Å². The van der Waals surface area contributed by atoms with E-state index in [0.29, 0.717) is 18.8 Å². The summed E-state index contributed by atoms with van der Waals surface area (Å²) in [5.74, 6) is 1.65. The van der Waals surface area contributed by atoms with Gasteiger partial charge in [-0.1, -0.05) is 18.2 Å². The van der Waals surface area contributed by atoms with Crippen LogP contribution in [0.2, 0.25) is 0 Å². The largest absolute Gasteiger partial charge is 0.484 e. The molecule has 5 heteroatoms. The predicted molar refractivity (Wildman–Crippen MR) is 69.6 cm³/mol. The summed E-state index contributed by atoms with van der Waals surface area (Å²) in [4.78, 5) is 18.1. The third-order valence-electron chi connectivity index (χ3n) is 3.20. The van der Waals surface area contributed by atoms with Gasteiger partial charge in [0.15, 0.2) is 6.61 Å². The molecule has 0 spiro atoms. The lowest BCUT2D eigenvalue weighted by Gasteiger charge is -2.27. The van der Waals surface area contributed by atoms with E-state index in [1.807, 2.05) is 36.5 Å². The van der Waals surface area contributed by atoms with E-state index in [-0.39, 0.29) is 12.5 Å². The molecule has 1 aliphatic heterocycles. The fourth-order valence-corrected chi connectivity index (χ4v) is 2.14. The Morgan fingerprint density at radius 2 is 2.11 bits per heavy atom. The fraction of sp³-hybridized carbons (Fsp3) is 0.286. The highest BCUT2D eigenvalue weighted by Gasteiger charge is 2.21. The monoisotopic (exact) mass is 257 g/mol. The molecule has 0 atom stereocenters. The Morgan fingerprint density at radius 1 is 1.26 bits per heavy atom. The zero-order valence-corrected chi connectivity index (χ0v) is 10.5. The number of imidazole rings is 1. The molecule has 2 heterocycles. The lowest BCUT2D eigenvalue weighted by molar-refractivity contribution is -0.134. The first-order valence-electron chi connectivity index (χ1n) is 6.28. The van der Waals surface area contributed by atoms with Gasteiger partial charge in [0, 0.05) is 25.5 Å². The molecule has 1 aromatic carbocycles. The molecule has 0 radical (unpaired) electrons. The van der Waals surface area contributed by atoms with Crippen LogP contribution >= 0.6 is 0 Å². The number of nitrogens with zero attached hydrogens (tertiary/aromatic N) is 3. The highest BCUT2D eigenvalue weighted by Crippen LogP contribution is 2.12. The highest BCUT2D eigenvalue weighted by molar-refractivity contribution is 5.77. The van der Waals surface area contributed by atoms with E-state index in [2.05, 4.69) is 9.55 Å². The molecule has 0 bridgehead atoms. The number of carbonyl (C=O) groups excluding carboxylic acids is 1. The van der Waals surface area contributed by atoms with Gasteiger partial charge in [0.1, 0.15) is 11.6 Å². The number of para-hydroxylation sites is 1. The molecule has 2 aromatic rings. The van der Waals surface area contributed by atoms with Gasteiger partial charge in [-0.05, 0) is 12.1 Å². The van der Waals surface area contributed by atoms with Gasteiger partial charge in [-0.2, -0.15) is 0 Å². The topological polar surface area (TPSA) is 47.4 Å². The summed E-state index contributed by atoms with van der Waals surface area (Å²) in [6.45, 7) is 2.14. The Bertz CT molecular complexity index is 565. The van der Waals surface area contributed by atoms with Crippen LogP contribution in [0.25, 0.3) is 0 Å². The Kier molecular flexibility index (Phi) is 3.18. The maximum atomic E-state index is 12.1. The molecule has 0 unspecified atom stereocenters. The molecule has 1 amide bonds. The van der Waals surface area contributed by atoms with Crippen LogP contribution in [0.15, 0.2) is 42.7 Å². The molecule has 0 saturated carbocycles. The first kappa shape index (κ1) is 11.8. The van der Waals surface area contributed by atoms with Crippen LogP contribution in [0, 0.1) is 0 Å². The summed E-state index contributed by atoms with van der Waals surface area (Å²) in [5.41, 5.74) is 0. The fourth-order valence-electron chi connectivity index (χ4n) is 2.14. The smallest absolute Gasteiger partial charge is 0.260 e. The number of benzene rings is 1. The normalized spacial score (nSPS) is 14.0.